The number of nitrogens with one attached hydrogen (secondary N) is 15. The Morgan fingerprint density at radius 2 is 0.779 bits per heavy atom. The Morgan fingerprint density at radius 3 is 1.18 bits per heavy atom. The standard InChI is InChI=1S/C68H95N19O17/c1-36(90)56(66(104)86-55(35-89)65(103)84-53(32-41-33-77-46-10-4-3-9-45(41)46)62(100)82-50(57(70)95)29-38-14-20-42(92)21-15-38)87-63(101)52(31-40-18-24-44(94)25-19-40)83-59(97)47(11-5-6-26-69)79-58(96)48(12-7-27-75-67(71)72)81-64(102)54(34-88)85-60(98)49(13-8-28-76-68(73)74)80-61(99)51(78-37(2)91)30-39-16-22-43(93)23-17-39/h3-4,9-10,14-25,33,36,47-56,77,88-90,92-94H,5-8,11-13,26-32,34-35,69H2,1-2H3,(H2,70,95)(H,78,91)(H,79,96)(H,80,99)(H,81,102)(H,82,100)(H,83,97)(H,84,103)(H,85,98)(H,86,104)(H,87,101)(H4,71,72,75)(H4,73,74,76). The SMILES string of the molecule is CC(=O)NC(Cc1ccc(O)cc1)C(=O)NC(CCCNC(=N)N)C(=O)NC(CO)C(=O)NC(CCCNC(=N)N)C(=O)NC(CCCCN)C(=O)NC(Cc1ccc(O)cc1)C(=O)NC(C(=O)NC(CO)C(=O)NC(Cc1c[nH]c2ccccc12)C(=O)NC(Cc1ccc(O)cc1)C(N)=O)C(C)O. The van der Waals surface area contributed by atoms with Gasteiger partial charge in [-0.05, 0) is 123 Å². The summed E-state index contributed by atoms with van der Waals surface area (Å²) in [6.07, 6.45) is -0.942. The van der Waals surface area contributed by atoms with Crippen molar-refractivity contribution in [3.63, 3.8) is 0 Å². The first kappa shape index (κ1) is 83.0. The molecule has 1 aromatic heterocycles. The number of hydrogen-bond donors (Lipinski definition) is 25. The summed E-state index contributed by atoms with van der Waals surface area (Å²) in [6.45, 7) is 0.232. The van der Waals surface area contributed by atoms with Crippen LogP contribution in [-0.2, 0) is 78.4 Å². The molecule has 0 saturated heterocycles. The van der Waals surface area contributed by atoms with Crippen molar-refractivity contribution >= 4 is 87.8 Å². The highest BCUT2D eigenvalue weighted by molar-refractivity contribution is 5.99. The zero-order valence-electron chi connectivity index (χ0n) is 57.5. The number of aliphatic hydroxyl groups is 3. The van der Waals surface area contributed by atoms with Gasteiger partial charge in [-0.15, -0.1) is 0 Å². The number of hydrogen-bond acceptors (Lipinski definition) is 20. The van der Waals surface area contributed by atoms with E-state index < -0.39 is 157 Å². The maximum absolute atomic E-state index is 14.7. The normalized spacial score (nSPS) is 14.2. The van der Waals surface area contributed by atoms with Crippen molar-refractivity contribution in [2.75, 3.05) is 32.8 Å². The van der Waals surface area contributed by atoms with Crippen molar-refractivity contribution in [3.05, 3.63) is 126 Å². The zero-order chi connectivity index (χ0) is 76.6. The van der Waals surface area contributed by atoms with Crippen LogP contribution in [0.3, 0.4) is 0 Å². The Hall–Kier alpha value is -11.6. The van der Waals surface area contributed by atoms with Gasteiger partial charge in [0.15, 0.2) is 11.9 Å². The minimum atomic E-state index is -1.95. The molecule has 5 aromatic rings. The highest BCUT2D eigenvalue weighted by Gasteiger charge is 2.37. The van der Waals surface area contributed by atoms with Crippen LogP contribution in [0.1, 0.15) is 81.0 Å². The molecular weight excluding hydrogens is 1350 g/mol. The molecule has 11 amide bonds. The van der Waals surface area contributed by atoms with E-state index >= 15 is 0 Å². The second-order valence-corrected chi connectivity index (χ2v) is 24.7. The Labute approximate surface area is 598 Å². The Morgan fingerprint density at radius 1 is 0.433 bits per heavy atom. The number of amides is 11. The van der Waals surface area contributed by atoms with E-state index in [4.69, 9.17) is 33.8 Å². The van der Waals surface area contributed by atoms with E-state index in [0.717, 1.165) is 6.92 Å². The van der Waals surface area contributed by atoms with Gasteiger partial charge in [0, 0.05) is 62.8 Å². The van der Waals surface area contributed by atoms with Gasteiger partial charge in [-0.2, -0.15) is 0 Å². The van der Waals surface area contributed by atoms with Crippen molar-refractivity contribution in [2.24, 2.45) is 22.9 Å². The third-order valence-corrected chi connectivity index (χ3v) is 16.4. The molecule has 36 nitrogen and oxygen atoms in total. The van der Waals surface area contributed by atoms with E-state index in [1.165, 1.54) is 79.7 Å². The van der Waals surface area contributed by atoms with Gasteiger partial charge in [0.05, 0.1) is 19.3 Å². The van der Waals surface area contributed by atoms with Crippen LogP contribution in [0.25, 0.3) is 10.9 Å². The fourth-order valence-electron chi connectivity index (χ4n) is 10.8. The predicted octanol–water partition coefficient (Wildman–Crippen LogP) is -5.07. The average molecular weight is 1450 g/mol. The molecule has 36 heteroatoms. The number of phenolic OH excluding ortho intramolecular Hbond substituents is 3. The van der Waals surface area contributed by atoms with E-state index in [1.807, 2.05) is 0 Å². The zero-order valence-corrected chi connectivity index (χ0v) is 57.5. The summed E-state index contributed by atoms with van der Waals surface area (Å²) in [5.41, 5.74) is 25.0. The van der Waals surface area contributed by atoms with Gasteiger partial charge in [0.1, 0.15) is 77.7 Å². The fourth-order valence-corrected chi connectivity index (χ4v) is 10.8. The molecule has 0 aliphatic heterocycles. The maximum atomic E-state index is 14.7. The van der Waals surface area contributed by atoms with E-state index in [9.17, 15) is 83.4 Å². The first-order chi connectivity index (χ1) is 49.5. The number of aromatic amines is 1. The number of benzene rings is 4. The minimum Gasteiger partial charge on any atom is -0.508 e. The summed E-state index contributed by atoms with van der Waals surface area (Å²) >= 11 is 0. The number of phenols is 3. The van der Waals surface area contributed by atoms with E-state index in [2.05, 4.69) is 68.8 Å². The maximum Gasteiger partial charge on any atom is 0.245 e. The molecule has 11 unspecified atom stereocenters. The van der Waals surface area contributed by atoms with Crippen LogP contribution >= 0.6 is 0 Å². The summed E-state index contributed by atoms with van der Waals surface area (Å²) in [5, 5.41) is 108. The predicted molar refractivity (Wildman–Crippen MR) is 379 cm³/mol. The molecule has 1 heterocycles. The third-order valence-electron chi connectivity index (χ3n) is 16.4. The molecule has 0 aliphatic rings. The Balaban J connectivity index is 1.38. The number of nitrogens with two attached hydrogens (primary N) is 4. The second-order valence-electron chi connectivity index (χ2n) is 24.7. The van der Waals surface area contributed by atoms with Gasteiger partial charge in [-0.25, -0.2) is 0 Å². The average Bonchev–Trinajstić information content (AvgIpc) is 1.59. The monoisotopic (exact) mass is 1450 g/mol. The van der Waals surface area contributed by atoms with E-state index in [1.54, 1.807) is 30.5 Å². The molecule has 4 aromatic carbocycles. The molecular formula is C68H95N19O17. The van der Waals surface area contributed by atoms with Crippen molar-refractivity contribution in [3.8, 4) is 17.2 Å². The molecule has 5 rings (SSSR count). The molecule has 11 atom stereocenters. The minimum absolute atomic E-state index is 0.0168. The number of guanidine groups is 2. The Kier molecular flexibility index (Phi) is 33.5. The van der Waals surface area contributed by atoms with Gasteiger partial charge in [-0.1, -0.05) is 54.6 Å². The summed E-state index contributed by atoms with van der Waals surface area (Å²) in [7, 11) is 0. The molecule has 0 spiro atoms. The number of carbonyl (C=O) groups excluding carboxylic acids is 11. The lowest BCUT2D eigenvalue weighted by Gasteiger charge is -2.29. The number of carbonyl (C=O) groups is 11. The van der Waals surface area contributed by atoms with Gasteiger partial charge in [0.25, 0.3) is 0 Å². The number of aliphatic hydroxyl groups excluding tert-OH is 3. The largest absolute Gasteiger partial charge is 0.508 e. The van der Waals surface area contributed by atoms with E-state index in [0.29, 0.717) is 39.6 Å². The van der Waals surface area contributed by atoms with Gasteiger partial charge in [-0.3, -0.25) is 63.6 Å². The van der Waals surface area contributed by atoms with Crippen molar-refractivity contribution < 1.29 is 83.4 Å². The molecule has 29 N–H and O–H groups in total. The molecule has 0 bridgehead atoms. The second kappa shape index (κ2) is 42.0. The number of fused-ring (bicyclic) bond motifs is 1. The fraction of sp³-hybridized carbons (Fsp3) is 0.426. The number of aromatic hydroxyl groups is 3. The number of aromatic nitrogens is 1. The summed E-state index contributed by atoms with van der Waals surface area (Å²) in [6, 6.07) is 7.86. The smallest absolute Gasteiger partial charge is 0.245 e. The first-order valence-electron chi connectivity index (χ1n) is 33.4. The van der Waals surface area contributed by atoms with Gasteiger partial charge in [0.2, 0.25) is 65.0 Å². The summed E-state index contributed by atoms with van der Waals surface area (Å²) in [4.78, 5) is 157. The van der Waals surface area contributed by atoms with Gasteiger partial charge < -0.3 is 122 Å². The van der Waals surface area contributed by atoms with Crippen LogP contribution in [0, 0.1) is 10.8 Å². The Bertz CT molecular complexity index is 3750. The third kappa shape index (κ3) is 27.7. The summed E-state index contributed by atoms with van der Waals surface area (Å²) < 4.78 is 0. The molecule has 104 heavy (non-hydrogen) atoms. The lowest BCUT2D eigenvalue weighted by Crippen LogP contribution is -2.63. The number of rotatable bonds is 43. The van der Waals surface area contributed by atoms with Crippen LogP contribution < -0.4 is 86.7 Å². The first-order valence-corrected chi connectivity index (χ1v) is 33.4. The van der Waals surface area contributed by atoms with Crippen molar-refractivity contribution in [2.45, 2.75) is 151 Å². The number of unbranched alkanes of at least 4 members (excludes halogenated alkanes) is 1. The highest BCUT2D eigenvalue weighted by atomic mass is 16.3. The van der Waals surface area contributed by atoms with Crippen LogP contribution in [0.5, 0.6) is 17.2 Å². The molecule has 564 valence electrons. The number of para-hydroxylation sites is 1. The van der Waals surface area contributed by atoms with Crippen LogP contribution in [-0.4, -0.2) is 212 Å². The molecule has 0 saturated carbocycles. The number of primary amides is 1. The topological polar surface area (TPSA) is 621 Å². The van der Waals surface area contributed by atoms with Gasteiger partial charge >= 0.3 is 0 Å². The molecule has 0 fully saturated rings. The quantitative estimate of drug-likeness (QED) is 0.00986. The molecule has 0 radical (unpaired) electrons. The highest BCUT2D eigenvalue weighted by Crippen LogP contribution is 2.21. The lowest BCUT2D eigenvalue weighted by molar-refractivity contribution is -0.137. The van der Waals surface area contributed by atoms with Crippen LogP contribution in [0.2, 0.25) is 0 Å². The van der Waals surface area contributed by atoms with Crippen LogP contribution in [0.4, 0.5) is 0 Å². The number of H-pyrrole nitrogens is 1. The van der Waals surface area contributed by atoms with Crippen LogP contribution in [0.15, 0.2) is 103 Å². The van der Waals surface area contributed by atoms with E-state index in [-0.39, 0.29) is 101 Å². The van der Waals surface area contributed by atoms with Crippen molar-refractivity contribution in [1.29, 1.82) is 10.8 Å². The van der Waals surface area contributed by atoms with Crippen molar-refractivity contribution in [1.82, 2.24) is 68.8 Å². The summed E-state index contributed by atoms with van der Waals surface area (Å²) in [5.74, 6) is -12.1. The lowest BCUT2D eigenvalue weighted by atomic mass is 10.0. The molecule has 0 aliphatic carbocycles.